The molecule has 178 valence electrons. The first-order chi connectivity index (χ1) is 16.7. The van der Waals surface area contributed by atoms with Gasteiger partial charge in [-0.25, -0.2) is 9.59 Å². The summed E-state index contributed by atoms with van der Waals surface area (Å²) in [6, 6.07) is 14.0. The summed E-state index contributed by atoms with van der Waals surface area (Å²) in [4.78, 5) is 35.3. The van der Waals surface area contributed by atoms with Crippen LogP contribution in [0.2, 0.25) is 0 Å². The Balaban J connectivity index is 1.000. The number of rotatable bonds is 11. The zero-order valence-electron chi connectivity index (χ0n) is 17.8. The maximum Gasteiger partial charge on any atom is 0.535 e. The minimum Gasteiger partial charge on any atom is -0.430 e. The van der Waals surface area contributed by atoms with Crippen LogP contribution in [0.3, 0.4) is 0 Å². The van der Waals surface area contributed by atoms with Gasteiger partial charge < -0.3 is 18.9 Å². The van der Waals surface area contributed by atoms with Gasteiger partial charge in [-0.3, -0.25) is 9.68 Å². The van der Waals surface area contributed by atoms with E-state index in [0.717, 1.165) is 9.69 Å². The fraction of sp³-hybridized carbons (Fsp3) is 0.300. The van der Waals surface area contributed by atoms with Crippen molar-refractivity contribution in [2.75, 3.05) is 39.6 Å². The molecule has 14 nitrogen and oxygen atoms in total. The number of fused-ring (bicyclic) bond motifs is 2. The molecular weight excluding hydrogens is 452 g/mol. The van der Waals surface area contributed by atoms with E-state index in [9.17, 15) is 9.59 Å². The highest BCUT2D eigenvalue weighted by molar-refractivity contribution is 5.75. The van der Waals surface area contributed by atoms with Gasteiger partial charge in [-0.05, 0) is 34.7 Å². The fourth-order valence-electron chi connectivity index (χ4n) is 2.71. The third kappa shape index (κ3) is 6.14. The van der Waals surface area contributed by atoms with E-state index < -0.39 is 12.3 Å². The average Bonchev–Trinajstić information content (AvgIpc) is 3.45. The summed E-state index contributed by atoms with van der Waals surface area (Å²) in [6.45, 7) is 0.758. The maximum atomic E-state index is 11.7. The first-order valence-corrected chi connectivity index (χ1v) is 10.2. The van der Waals surface area contributed by atoms with Crippen LogP contribution in [0, 0.1) is 0 Å². The summed E-state index contributed by atoms with van der Waals surface area (Å²) in [6.07, 6.45) is -1.86. The number of hydrogen-bond donors (Lipinski definition) is 0. The highest BCUT2D eigenvalue weighted by Gasteiger charge is 2.12. The third-order valence-corrected chi connectivity index (χ3v) is 4.23. The number of carbonyl (C=O) groups is 2. The Morgan fingerprint density at radius 3 is 1.50 bits per heavy atom. The quantitative estimate of drug-likeness (QED) is 0.174. The number of benzene rings is 2. The van der Waals surface area contributed by atoms with E-state index in [4.69, 9.17) is 28.6 Å². The molecule has 2 aromatic heterocycles. The molecule has 0 unspecified atom stereocenters. The molecule has 0 saturated heterocycles. The van der Waals surface area contributed by atoms with E-state index in [0.29, 0.717) is 22.1 Å². The molecule has 0 saturated carbocycles. The molecule has 34 heavy (non-hydrogen) atoms. The molecular formula is C20H20N6O8. The normalized spacial score (nSPS) is 10.9. The molecule has 0 N–H and O–H groups in total. The van der Waals surface area contributed by atoms with E-state index in [1.807, 2.05) is 0 Å². The SMILES string of the molecule is O=C(OCCOCCOCCOC(=O)On1nnc2ccccc21)On1nnc2ccccc21. The second kappa shape index (κ2) is 11.5. The maximum absolute atomic E-state index is 11.7. The zero-order valence-corrected chi connectivity index (χ0v) is 17.8. The van der Waals surface area contributed by atoms with E-state index in [-0.39, 0.29) is 39.6 Å². The van der Waals surface area contributed by atoms with E-state index in [1.54, 1.807) is 48.5 Å². The van der Waals surface area contributed by atoms with Gasteiger partial charge in [0, 0.05) is 0 Å². The standard InChI is InChI=1S/C20H20N6O8/c27-19(33-25-17-7-3-1-5-15(17)21-23-25)31-13-11-29-9-10-30-12-14-32-20(28)34-26-18-8-4-2-6-16(18)22-24-26/h1-8H,9-14H2. The van der Waals surface area contributed by atoms with Gasteiger partial charge in [0.15, 0.2) is 0 Å². The van der Waals surface area contributed by atoms with Crippen LogP contribution in [0.4, 0.5) is 9.59 Å². The van der Waals surface area contributed by atoms with Gasteiger partial charge in [0.2, 0.25) is 0 Å². The van der Waals surface area contributed by atoms with Crippen molar-refractivity contribution in [2.45, 2.75) is 0 Å². The monoisotopic (exact) mass is 472 g/mol. The highest BCUT2D eigenvalue weighted by atomic mass is 16.8. The largest absolute Gasteiger partial charge is 0.535 e. The van der Waals surface area contributed by atoms with E-state index in [2.05, 4.69) is 20.6 Å². The molecule has 2 aromatic carbocycles. The smallest absolute Gasteiger partial charge is 0.430 e. The van der Waals surface area contributed by atoms with Crippen molar-refractivity contribution in [3.05, 3.63) is 48.5 Å². The Hall–Kier alpha value is -4.30. The van der Waals surface area contributed by atoms with Crippen LogP contribution < -0.4 is 9.68 Å². The van der Waals surface area contributed by atoms with Crippen molar-refractivity contribution >= 4 is 34.4 Å². The van der Waals surface area contributed by atoms with Gasteiger partial charge >= 0.3 is 12.3 Å². The molecule has 0 radical (unpaired) electrons. The van der Waals surface area contributed by atoms with Crippen molar-refractivity contribution in [1.29, 1.82) is 0 Å². The molecule has 14 heteroatoms. The van der Waals surface area contributed by atoms with Crippen LogP contribution in [0.25, 0.3) is 22.1 Å². The Bertz CT molecular complexity index is 1150. The molecule has 0 aliphatic heterocycles. The number of carbonyl (C=O) groups excluding carboxylic acids is 2. The summed E-state index contributed by atoms with van der Waals surface area (Å²) in [5.74, 6) is 0. The Morgan fingerprint density at radius 1 is 0.618 bits per heavy atom. The van der Waals surface area contributed by atoms with Crippen LogP contribution in [-0.2, 0) is 18.9 Å². The molecule has 0 spiro atoms. The predicted molar refractivity (Wildman–Crippen MR) is 113 cm³/mol. The zero-order chi connectivity index (χ0) is 23.6. The van der Waals surface area contributed by atoms with Crippen molar-refractivity contribution in [3.8, 4) is 0 Å². The minimum atomic E-state index is -0.932. The second-order valence-corrected chi connectivity index (χ2v) is 6.51. The molecule has 0 atom stereocenters. The first-order valence-electron chi connectivity index (χ1n) is 10.2. The summed E-state index contributed by atoms with van der Waals surface area (Å²) in [7, 11) is 0. The number of ether oxygens (including phenoxy) is 4. The van der Waals surface area contributed by atoms with Gasteiger partial charge in [-0.2, -0.15) is 0 Å². The summed E-state index contributed by atoms with van der Waals surface area (Å²) in [5, 5.41) is 15.2. The lowest BCUT2D eigenvalue weighted by Gasteiger charge is -2.07. The summed E-state index contributed by atoms with van der Waals surface area (Å²) >= 11 is 0. The van der Waals surface area contributed by atoms with Crippen LogP contribution in [0.5, 0.6) is 0 Å². The second-order valence-electron chi connectivity index (χ2n) is 6.51. The summed E-state index contributed by atoms with van der Waals surface area (Å²) in [5.41, 5.74) is 2.25. The van der Waals surface area contributed by atoms with Crippen LogP contribution in [0.1, 0.15) is 0 Å². The minimum absolute atomic E-state index is 0.0165. The first kappa shape index (κ1) is 22.9. The predicted octanol–water partition coefficient (Wildman–Crippen LogP) is 1.04. The van der Waals surface area contributed by atoms with Crippen LogP contribution in [-0.4, -0.2) is 82.3 Å². The van der Waals surface area contributed by atoms with Gasteiger partial charge in [0.1, 0.15) is 35.3 Å². The van der Waals surface area contributed by atoms with E-state index in [1.165, 1.54) is 0 Å². The Labute approximate surface area is 191 Å². The number of nitrogens with zero attached hydrogens (tertiary/aromatic N) is 6. The van der Waals surface area contributed by atoms with Crippen molar-refractivity contribution in [3.63, 3.8) is 0 Å². The third-order valence-electron chi connectivity index (χ3n) is 4.23. The molecule has 0 bridgehead atoms. The van der Waals surface area contributed by atoms with Crippen molar-refractivity contribution < 1.29 is 38.2 Å². The molecule has 0 amide bonds. The Kier molecular flexibility index (Phi) is 7.76. The molecule has 4 aromatic rings. The highest BCUT2D eigenvalue weighted by Crippen LogP contribution is 2.09. The molecule has 0 fully saturated rings. The number of aromatic nitrogens is 6. The van der Waals surface area contributed by atoms with Crippen LogP contribution >= 0.6 is 0 Å². The molecule has 2 heterocycles. The van der Waals surface area contributed by atoms with Gasteiger partial charge in [0.05, 0.1) is 26.4 Å². The lowest BCUT2D eigenvalue weighted by Crippen LogP contribution is -2.24. The summed E-state index contributed by atoms with van der Waals surface area (Å²) < 4.78 is 20.4. The fourth-order valence-corrected chi connectivity index (χ4v) is 2.71. The van der Waals surface area contributed by atoms with Gasteiger partial charge in [-0.15, -0.1) is 10.2 Å². The topological polar surface area (TPSA) is 151 Å². The Morgan fingerprint density at radius 2 is 1.03 bits per heavy atom. The number of para-hydroxylation sites is 2. The molecule has 4 rings (SSSR count). The molecule has 0 aliphatic rings. The van der Waals surface area contributed by atoms with Crippen molar-refractivity contribution in [1.82, 2.24) is 30.3 Å². The van der Waals surface area contributed by atoms with Crippen LogP contribution in [0.15, 0.2) is 48.5 Å². The van der Waals surface area contributed by atoms with Gasteiger partial charge in [0.25, 0.3) is 0 Å². The van der Waals surface area contributed by atoms with Gasteiger partial charge in [-0.1, -0.05) is 34.0 Å². The lowest BCUT2D eigenvalue weighted by atomic mass is 10.3. The average molecular weight is 472 g/mol. The number of hydrogen-bond acceptors (Lipinski definition) is 12. The lowest BCUT2D eigenvalue weighted by molar-refractivity contribution is -0.00928. The van der Waals surface area contributed by atoms with E-state index >= 15 is 0 Å². The van der Waals surface area contributed by atoms with Crippen molar-refractivity contribution in [2.24, 2.45) is 0 Å². The molecule has 0 aliphatic carbocycles.